The molecule has 0 aromatic heterocycles. The monoisotopic (exact) mass is 248 g/mol. The molecule has 1 rings (SSSR count). The lowest BCUT2D eigenvalue weighted by Crippen LogP contribution is -1.72. The molecule has 0 amide bonds. The highest BCUT2D eigenvalue weighted by Crippen LogP contribution is 2.16. The summed E-state index contributed by atoms with van der Waals surface area (Å²) < 4.78 is 0. The van der Waals surface area contributed by atoms with Crippen molar-refractivity contribution in [3.8, 4) is 0 Å². The predicted molar refractivity (Wildman–Crippen MR) is 89.0 cm³/mol. The van der Waals surface area contributed by atoms with Gasteiger partial charge in [0.05, 0.1) is 0 Å². The Kier molecular flexibility index (Phi) is 25.6. The molecule has 0 spiro atoms. The molecule has 0 unspecified atom stereocenters. The normalized spacial score (nSPS) is 14.4. The molecule has 1 aliphatic rings. The summed E-state index contributed by atoms with van der Waals surface area (Å²) in [4.78, 5) is 0. The summed E-state index contributed by atoms with van der Waals surface area (Å²) >= 11 is 0. The molecule has 104 valence electrons. The minimum absolute atomic E-state index is 1.30. The van der Waals surface area contributed by atoms with Gasteiger partial charge in [-0.1, -0.05) is 90.2 Å². The van der Waals surface area contributed by atoms with Crippen LogP contribution in [0.4, 0.5) is 0 Å². The maximum Gasteiger partial charge on any atom is -0.0227 e. The fourth-order valence-corrected chi connectivity index (χ4v) is 1.05. The molecule has 1 aliphatic carbocycles. The van der Waals surface area contributed by atoms with Gasteiger partial charge in [0.15, 0.2) is 0 Å². The molecule has 0 nitrogen and oxygen atoms in total. The van der Waals surface area contributed by atoms with Crippen molar-refractivity contribution in [1.82, 2.24) is 0 Å². The Hall–Kier alpha value is -1.30. The first-order chi connectivity index (χ1) is 8.84. The molecule has 0 aromatic carbocycles. The molecular weight excluding hydrogens is 216 g/mol. The third-order valence-corrected chi connectivity index (χ3v) is 1.77. The second kappa shape index (κ2) is 21.0. The lowest BCUT2D eigenvalue weighted by Gasteiger charge is -1.92. The Labute approximate surface area is 116 Å². The van der Waals surface area contributed by atoms with Gasteiger partial charge in [-0.2, -0.15) is 0 Å². The van der Waals surface area contributed by atoms with E-state index in [2.05, 4.69) is 37.3 Å². The van der Waals surface area contributed by atoms with Crippen LogP contribution in [0.5, 0.6) is 0 Å². The first-order valence-corrected chi connectivity index (χ1v) is 7.19. The van der Waals surface area contributed by atoms with Gasteiger partial charge in [-0.05, 0) is 25.0 Å². The van der Waals surface area contributed by atoms with Crippen molar-refractivity contribution < 1.29 is 0 Å². The minimum atomic E-state index is 1.30. The molecule has 0 saturated carbocycles. The summed E-state index contributed by atoms with van der Waals surface area (Å²) in [5.74, 6) is 0. The van der Waals surface area contributed by atoms with Crippen molar-refractivity contribution in [3.63, 3.8) is 0 Å². The van der Waals surface area contributed by atoms with Crippen LogP contribution >= 0.6 is 0 Å². The largest absolute Gasteiger partial charge is 0.0877 e. The van der Waals surface area contributed by atoms with E-state index in [1.807, 2.05) is 66.7 Å². The van der Waals surface area contributed by atoms with Crippen LogP contribution < -0.4 is 0 Å². The predicted octanol–water partition coefficient (Wildman–Crippen LogP) is 6.64. The van der Waals surface area contributed by atoms with E-state index in [4.69, 9.17) is 0 Å². The van der Waals surface area contributed by atoms with Crippen LogP contribution in [0.1, 0.15) is 55.4 Å². The number of rotatable bonds is 2. The van der Waals surface area contributed by atoms with Crippen LogP contribution in [-0.4, -0.2) is 0 Å². The topological polar surface area (TPSA) is 0 Å². The van der Waals surface area contributed by atoms with E-state index in [0.717, 1.165) is 0 Å². The Morgan fingerprint density at radius 3 is 1.78 bits per heavy atom. The summed E-state index contributed by atoms with van der Waals surface area (Å²) in [6.07, 6.45) is 16.6. The maximum atomic E-state index is 2.12. The standard InChI is InChI=1S/C12H14.3C2H6/c1-3-4-5-6-9-12-10-7-8-11(12)2;3*1-2/h3-10H,1-2H3;3*1-2H3/b4-3-,6-5-,12-9-;;;. The van der Waals surface area contributed by atoms with Crippen LogP contribution in [0.3, 0.4) is 0 Å². The van der Waals surface area contributed by atoms with Gasteiger partial charge >= 0.3 is 0 Å². The number of allylic oxidation sites excluding steroid dienone is 10. The molecule has 0 radical (unpaired) electrons. The van der Waals surface area contributed by atoms with Gasteiger partial charge in [0.1, 0.15) is 0 Å². The highest BCUT2D eigenvalue weighted by Gasteiger charge is 1.96. The zero-order valence-electron chi connectivity index (χ0n) is 13.6. The lowest BCUT2D eigenvalue weighted by atomic mass is 10.1. The van der Waals surface area contributed by atoms with Gasteiger partial charge in [0.25, 0.3) is 0 Å². The second-order valence-corrected chi connectivity index (χ2v) is 2.74. The maximum absolute atomic E-state index is 2.12. The zero-order valence-corrected chi connectivity index (χ0v) is 13.6. The fourth-order valence-electron chi connectivity index (χ4n) is 1.05. The van der Waals surface area contributed by atoms with Gasteiger partial charge in [-0.25, -0.2) is 0 Å². The molecule has 0 N–H and O–H groups in total. The highest BCUT2D eigenvalue weighted by atomic mass is 14.0. The molecule has 0 heterocycles. The number of hydrogen-bond acceptors (Lipinski definition) is 0. The van der Waals surface area contributed by atoms with E-state index in [0.29, 0.717) is 0 Å². The Balaban J connectivity index is -0.000000328. The molecule has 18 heavy (non-hydrogen) atoms. The van der Waals surface area contributed by atoms with Crippen molar-refractivity contribution in [3.05, 3.63) is 59.8 Å². The third-order valence-electron chi connectivity index (χ3n) is 1.77. The van der Waals surface area contributed by atoms with Crippen molar-refractivity contribution in [1.29, 1.82) is 0 Å². The Bertz CT molecular complexity index is 283. The highest BCUT2D eigenvalue weighted by molar-refractivity contribution is 5.48. The van der Waals surface area contributed by atoms with Crippen LogP contribution in [0.15, 0.2) is 59.8 Å². The molecular formula is C18H32. The second-order valence-electron chi connectivity index (χ2n) is 2.74. The molecule has 0 bridgehead atoms. The minimum Gasteiger partial charge on any atom is -0.0877 e. The van der Waals surface area contributed by atoms with E-state index in [-0.39, 0.29) is 0 Å². The van der Waals surface area contributed by atoms with E-state index < -0.39 is 0 Å². The van der Waals surface area contributed by atoms with E-state index in [1.54, 1.807) is 0 Å². The van der Waals surface area contributed by atoms with Gasteiger partial charge in [0.2, 0.25) is 0 Å². The van der Waals surface area contributed by atoms with Crippen molar-refractivity contribution in [2.75, 3.05) is 0 Å². The van der Waals surface area contributed by atoms with Crippen molar-refractivity contribution >= 4 is 0 Å². The van der Waals surface area contributed by atoms with Gasteiger partial charge in [-0.15, -0.1) is 0 Å². The quantitative estimate of drug-likeness (QED) is 0.480. The average molecular weight is 248 g/mol. The zero-order chi connectivity index (χ0) is 14.8. The van der Waals surface area contributed by atoms with Crippen LogP contribution in [-0.2, 0) is 0 Å². The summed E-state index contributed by atoms with van der Waals surface area (Å²) in [6.45, 7) is 16.1. The van der Waals surface area contributed by atoms with Gasteiger partial charge in [0, 0.05) is 0 Å². The Morgan fingerprint density at radius 1 is 0.833 bits per heavy atom. The molecule has 0 aromatic rings. The molecule has 0 saturated heterocycles. The number of hydrogen-bond donors (Lipinski definition) is 0. The third kappa shape index (κ3) is 12.8. The van der Waals surface area contributed by atoms with E-state index in [9.17, 15) is 0 Å². The van der Waals surface area contributed by atoms with Crippen LogP contribution in [0.25, 0.3) is 0 Å². The summed E-state index contributed by atoms with van der Waals surface area (Å²) in [5, 5.41) is 0. The van der Waals surface area contributed by atoms with Gasteiger partial charge < -0.3 is 0 Å². The summed E-state index contributed by atoms with van der Waals surface area (Å²) in [6, 6.07) is 0. The molecule has 0 aliphatic heterocycles. The molecule has 0 fully saturated rings. The van der Waals surface area contributed by atoms with Crippen LogP contribution in [0.2, 0.25) is 0 Å². The SMILES string of the molecule is CC.CC.CC.C\C=C/C=C\C=C1\C=CC=C1C. The lowest BCUT2D eigenvalue weighted by molar-refractivity contribution is 1.47. The fraction of sp³-hybridized carbons (Fsp3) is 0.444. The smallest absolute Gasteiger partial charge is 0.0227 e. The Morgan fingerprint density at radius 2 is 1.39 bits per heavy atom. The first kappa shape index (κ1) is 21.9. The van der Waals surface area contributed by atoms with E-state index >= 15 is 0 Å². The van der Waals surface area contributed by atoms with Crippen LogP contribution in [0, 0.1) is 0 Å². The summed E-state index contributed by atoms with van der Waals surface area (Å²) in [7, 11) is 0. The van der Waals surface area contributed by atoms with E-state index in [1.165, 1.54) is 11.1 Å². The van der Waals surface area contributed by atoms with Crippen molar-refractivity contribution in [2.24, 2.45) is 0 Å². The molecule has 0 heteroatoms. The van der Waals surface area contributed by atoms with Crippen molar-refractivity contribution in [2.45, 2.75) is 55.4 Å². The molecule has 0 atom stereocenters. The average Bonchev–Trinajstić information content (AvgIpc) is 2.87. The first-order valence-electron chi connectivity index (χ1n) is 7.19. The summed E-state index contributed by atoms with van der Waals surface area (Å²) in [5.41, 5.74) is 2.64. The van der Waals surface area contributed by atoms with Gasteiger partial charge in [-0.3, -0.25) is 0 Å².